The van der Waals surface area contributed by atoms with Crippen LogP contribution in [0.25, 0.3) is 0 Å². The highest BCUT2D eigenvalue weighted by molar-refractivity contribution is 7.99. The summed E-state index contributed by atoms with van der Waals surface area (Å²) >= 11 is 1.30. The molecule has 0 spiro atoms. The third-order valence-corrected chi connectivity index (χ3v) is 4.18. The Morgan fingerprint density at radius 2 is 1.80 bits per heavy atom. The molecule has 0 saturated carbocycles. The molecule has 2 aromatic rings. The molecular formula is C18H18F3NO2S. The van der Waals surface area contributed by atoms with Gasteiger partial charge in [0.1, 0.15) is 5.75 Å². The van der Waals surface area contributed by atoms with Crippen molar-refractivity contribution in [3.63, 3.8) is 0 Å². The highest BCUT2D eigenvalue weighted by atomic mass is 32.2. The van der Waals surface area contributed by atoms with Crippen LogP contribution in [0.5, 0.6) is 5.75 Å². The molecule has 0 fully saturated rings. The summed E-state index contributed by atoms with van der Waals surface area (Å²) in [4.78, 5) is 11.8. The number of nitrogens with one attached hydrogen (secondary N) is 1. The van der Waals surface area contributed by atoms with Gasteiger partial charge < -0.3 is 10.1 Å². The summed E-state index contributed by atoms with van der Waals surface area (Å²) in [7, 11) is 0. The predicted octanol–water partition coefficient (Wildman–Crippen LogP) is 4.76. The Kier molecular flexibility index (Phi) is 6.75. The summed E-state index contributed by atoms with van der Waals surface area (Å²) in [6, 6.07) is 12.5. The van der Waals surface area contributed by atoms with Crippen molar-refractivity contribution in [2.75, 3.05) is 23.4 Å². The summed E-state index contributed by atoms with van der Waals surface area (Å²) in [6.07, 6.45) is -4.50. The average molecular weight is 369 g/mol. The number of carbonyl (C=O) groups is 1. The molecule has 1 N–H and O–H groups in total. The molecule has 0 radical (unpaired) electrons. The van der Waals surface area contributed by atoms with Gasteiger partial charge >= 0.3 is 6.18 Å². The Balaban J connectivity index is 1.73. The fraction of sp³-hybridized carbons (Fsp3) is 0.278. The van der Waals surface area contributed by atoms with E-state index in [4.69, 9.17) is 4.74 Å². The third kappa shape index (κ3) is 6.34. The van der Waals surface area contributed by atoms with Gasteiger partial charge in [-0.15, -0.1) is 11.8 Å². The molecular weight excluding hydrogens is 351 g/mol. The van der Waals surface area contributed by atoms with E-state index in [0.29, 0.717) is 12.4 Å². The highest BCUT2D eigenvalue weighted by Gasteiger charge is 2.33. The monoisotopic (exact) mass is 369 g/mol. The number of halogens is 3. The zero-order valence-electron chi connectivity index (χ0n) is 13.6. The molecule has 0 aliphatic heterocycles. The molecule has 25 heavy (non-hydrogen) atoms. The first-order valence-electron chi connectivity index (χ1n) is 7.59. The van der Waals surface area contributed by atoms with E-state index in [0.717, 1.165) is 17.4 Å². The third-order valence-electron chi connectivity index (χ3n) is 3.26. The average Bonchev–Trinajstić information content (AvgIpc) is 2.56. The number of para-hydroxylation sites is 1. The van der Waals surface area contributed by atoms with E-state index < -0.39 is 17.6 Å². The van der Waals surface area contributed by atoms with Gasteiger partial charge in [0.15, 0.2) is 0 Å². The van der Waals surface area contributed by atoms with Gasteiger partial charge in [0.2, 0.25) is 5.91 Å². The number of aryl methyl sites for hydroxylation is 1. The van der Waals surface area contributed by atoms with Gasteiger partial charge in [0, 0.05) is 5.75 Å². The van der Waals surface area contributed by atoms with Gasteiger partial charge in [-0.25, -0.2) is 0 Å². The van der Waals surface area contributed by atoms with E-state index in [1.54, 1.807) is 0 Å². The molecule has 2 rings (SSSR count). The van der Waals surface area contributed by atoms with Crippen LogP contribution >= 0.6 is 11.8 Å². The summed E-state index contributed by atoms with van der Waals surface area (Å²) in [5.74, 6) is 0.887. The Morgan fingerprint density at radius 1 is 1.12 bits per heavy atom. The fourth-order valence-electron chi connectivity index (χ4n) is 2.04. The Bertz CT molecular complexity index is 702. The lowest BCUT2D eigenvalue weighted by Crippen LogP contribution is -2.18. The van der Waals surface area contributed by atoms with Crippen LogP contribution in [0.3, 0.4) is 0 Å². The van der Waals surface area contributed by atoms with Crippen molar-refractivity contribution in [2.24, 2.45) is 0 Å². The molecule has 7 heteroatoms. The standard InChI is InChI=1S/C18H18F3NO2S/c1-13-6-8-14(9-7-13)24-10-11-25-12-17(23)22-16-5-3-2-4-15(16)18(19,20)21/h2-9H,10-12H2,1H3,(H,22,23). The van der Waals surface area contributed by atoms with Crippen molar-refractivity contribution in [1.29, 1.82) is 0 Å². The molecule has 3 nitrogen and oxygen atoms in total. The molecule has 0 aliphatic rings. The van der Waals surface area contributed by atoms with Crippen LogP contribution in [0.1, 0.15) is 11.1 Å². The SMILES string of the molecule is Cc1ccc(OCCSCC(=O)Nc2ccccc2C(F)(F)F)cc1. The number of rotatable bonds is 7. The molecule has 0 unspecified atom stereocenters. The second-order valence-electron chi connectivity index (χ2n) is 5.31. The maximum atomic E-state index is 12.9. The number of hydrogen-bond acceptors (Lipinski definition) is 3. The lowest BCUT2D eigenvalue weighted by Gasteiger charge is -2.13. The quantitative estimate of drug-likeness (QED) is 0.715. The molecule has 0 aliphatic carbocycles. The van der Waals surface area contributed by atoms with Gasteiger partial charge in [-0.2, -0.15) is 13.2 Å². The van der Waals surface area contributed by atoms with Crippen molar-refractivity contribution in [3.8, 4) is 5.75 Å². The molecule has 0 bridgehead atoms. The number of ether oxygens (including phenoxy) is 1. The van der Waals surface area contributed by atoms with Crippen LogP contribution < -0.4 is 10.1 Å². The molecule has 1 amide bonds. The molecule has 2 aromatic carbocycles. The zero-order valence-corrected chi connectivity index (χ0v) is 14.4. The normalized spacial score (nSPS) is 11.2. The lowest BCUT2D eigenvalue weighted by molar-refractivity contribution is -0.137. The van der Waals surface area contributed by atoms with Gasteiger partial charge in [-0.05, 0) is 31.2 Å². The van der Waals surface area contributed by atoms with Crippen molar-refractivity contribution in [3.05, 3.63) is 59.7 Å². The van der Waals surface area contributed by atoms with E-state index in [9.17, 15) is 18.0 Å². The Labute approximate surface area is 148 Å². The summed E-state index contributed by atoms with van der Waals surface area (Å²) in [5.41, 5.74) is 0.0603. The number of anilines is 1. The van der Waals surface area contributed by atoms with Crippen molar-refractivity contribution in [2.45, 2.75) is 13.1 Å². The molecule has 0 saturated heterocycles. The van der Waals surface area contributed by atoms with Crippen LogP contribution in [0, 0.1) is 6.92 Å². The number of alkyl halides is 3. The van der Waals surface area contributed by atoms with E-state index in [2.05, 4.69) is 5.32 Å². The van der Waals surface area contributed by atoms with Crippen LogP contribution in [-0.4, -0.2) is 24.0 Å². The maximum absolute atomic E-state index is 12.9. The van der Waals surface area contributed by atoms with Crippen LogP contribution in [0.15, 0.2) is 48.5 Å². The van der Waals surface area contributed by atoms with E-state index in [1.807, 2.05) is 31.2 Å². The van der Waals surface area contributed by atoms with Gasteiger partial charge in [-0.3, -0.25) is 4.79 Å². The first-order chi connectivity index (χ1) is 11.9. The minimum atomic E-state index is -4.50. The second-order valence-corrected chi connectivity index (χ2v) is 6.41. The van der Waals surface area contributed by atoms with Crippen LogP contribution in [-0.2, 0) is 11.0 Å². The number of carbonyl (C=O) groups excluding carboxylic acids is 1. The number of amides is 1. The fourth-order valence-corrected chi connectivity index (χ4v) is 2.65. The molecule has 134 valence electrons. The second kappa shape index (κ2) is 8.80. The number of benzene rings is 2. The van der Waals surface area contributed by atoms with Crippen molar-refractivity contribution < 1.29 is 22.7 Å². The summed E-state index contributed by atoms with van der Waals surface area (Å²) in [6.45, 7) is 2.40. The lowest BCUT2D eigenvalue weighted by atomic mass is 10.1. The Hall–Kier alpha value is -2.15. The predicted molar refractivity (Wildman–Crippen MR) is 94.1 cm³/mol. The van der Waals surface area contributed by atoms with Gasteiger partial charge in [0.05, 0.1) is 23.6 Å². The Morgan fingerprint density at radius 3 is 2.48 bits per heavy atom. The first-order valence-corrected chi connectivity index (χ1v) is 8.75. The van der Waals surface area contributed by atoms with E-state index >= 15 is 0 Å². The topological polar surface area (TPSA) is 38.3 Å². The molecule has 0 heterocycles. The van der Waals surface area contributed by atoms with Gasteiger partial charge in [0.25, 0.3) is 0 Å². The van der Waals surface area contributed by atoms with Crippen LogP contribution in [0.4, 0.5) is 18.9 Å². The smallest absolute Gasteiger partial charge is 0.418 e. The minimum Gasteiger partial charge on any atom is -0.493 e. The van der Waals surface area contributed by atoms with E-state index in [-0.39, 0.29) is 11.4 Å². The summed E-state index contributed by atoms with van der Waals surface area (Å²) in [5, 5.41) is 2.31. The number of thioether (sulfide) groups is 1. The minimum absolute atomic E-state index is 0.0590. The maximum Gasteiger partial charge on any atom is 0.418 e. The van der Waals surface area contributed by atoms with Crippen molar-refractivity contribution in [1.82, 2.24) is 0 Å². The summed E-state index contributed by atoms with van der Waals surface area (Å²) < 4.78 is 44.1. The van der Waals surface area contributed by atoms with Crippen LogP contribution in [0.2, 0.25) is 0 Å². The van der Waals surface area contributed by atoms with Crippen molar-refractivity contribution >= 4 is 23.4 Å². The number of hydrogen-bond donors (Lipinski definition) is 1. The van der Waals surface area contributed by atoms with Gasteiger partial charge in [-0.1, -0.05) is 29.8 Å². The van der Waals surface area contributed by atoms with E-state index in [1.165, 1.54) is 30.0 Å². The molecule has 0 atom stereocenters. The highest BCUT2D eigenvalue weighted by Crippen LogP contribution is 2.34. The first kappa shape index (κ1) is 19.2. The largest absolute Gasteiger partial charge is 0.493 e. The molecule has 0 aromatic heterocycles. The zero-order chi connectivity index (χ0) is 18.3.